The highest BCUT2D eigenvalue weighted by molar-refractivity contribution is 7.92. The van der Waals surface area contributed by atoms with E-state index in [9.17, 15) is 13.2 Å². The van der Waals surface area contributed by atoms with Crippen molar-refractivity contribution in [2.45, 2.75) is 31.6 Å². The number of carbonyl (C=O) groups excluding carboxylic acids is 1. The van der Waals surface area contributed by atoms with Gasteiger partial charge < -0.3 is 0 Å². The van der Waals surface area contributed by atoms with Gasteiger partial charge in [-0.1, -0.05) is 50.2 Å². The van der Waals surface area contributed by atoms with Crippen LogP contribution in [0.2, 0.25) is 0 Å². The molecule has 0 unspecified atom stereocenters. The number of sulfonamides is 1. The Hall–Kier alpha value is -1.85. The third-order valence-electron chi connectivity index (χ3n) is 3.81. The quantitative estimate of drug-likeness (QED) is 0.702. The van der Waals surface area contributed by atoms with Crippen LogP contribution in [0, 0.1) is 0 Å². The van der Waals surface area contributed by atoms with E-state index in [1.165, 1.54) is 12.1 Å². The largest absolute Gasteiger partial charge is 0.279 e. The number of nitrogens with zero attached hydrogens (tertiary/aromatic N) is 1. The van der Waals surface area contributed by atoms with Crippen molar-refractivity contribution < 1.29 is 13.2 Å². The van der Waals surface area contributed by atoms with E-state index in [4.69, 9.17) is 11.6 Å². The summed E-state index contributed by atoms with van der Waals surface area (Å²) in [4.78, 5) is 11.7. The first-order valence-electron chi connectivity index (χ1n) is 7.78. The first kappa shape index (κ1) is 18.5. The summed E-state index contributed by atoms with van der Waals surface area (Å²) in [5.74, 6) is 0. The van der Waals surface area contributed by atoms with Crippen LogP contribution in [-0.4, -0.2) is 20.2 Å². The molecule has 0 bridgehead atoms. The Morgan fingerprint density at radius 1 is 0.958 bits per heavy atom. The van der Waals surface area contributed by atoms with Gasteiger partial charge in [0.2, 0.25) is 5.24 Å². The molecule has 6 heteroatoms. The highest BCUT2D eigenvalue weighted by Gasteiger charge is 2.29. The van der Waals surface area contributed by atoms with Crippen molar-refractivity contribution in [3.05, 3.63) is 59.7 Å². The number of carbonyl (C=O) groups is 1. The summed E-state index contributed by atoms with van der Waals surface area (Å²) in [5, 5.41) is -0.720. The van der Waals surface area contributed by atoms with Crippen LogP contribution in [0.3, 0.4) is 0 Å². The van der Waals surface area contributed by atoms with E-state index in [2.05, 4.69) is 0 Å². The fraction of sp³-hybridized carbons (Fsp3) is 0.278. The van der Waals surface area contributed by atoms with Gasteiger partial charge in [0, 0.05) is 0 Å². The Morgan fingerprint density at radius 2 is 1.50 bits per heavy atom. The van der Waals surface area contributed by atoms with Crippen molar-refractivity contribution in [1.82, 2.24) is 0 Å². The average molecular weight is 366 g/mol. The number of anilines is 1. The van der Waals surface area contributed by atoms with Crippen LogP contribution >= 0.6 is 11.6 Å². The van der Waals surface area contributed by atoms with Crippen molar-refractivity contribution in [2.75, 3.05) is 10.8 Å². The van der Waals surface area contributed by atoms with Gasteiger partial charge in [-0.05, 0) is 47.7 Å². The number of halogens is 1. The molecule has 0 amide bonds. The third kappa shape index (κ3) is 3.79. The van der Waals surface area contributed by atoms with Crippen LogP contribution in [-0.2, 0) is 27.7 Å². The summed E-state index contributed by atoms with van der Waals surface area (Å²) in [6.45, 7) is 3.50. The second-order valence-electron chi connectivity index (χ2n) is 5.31. The van der Waals surface area contributed by atoms with Gasteiger partial charge in [0.25, 0.3) is 10.0 Å². The number of aryl methyl sites for hydroxylation is 2. The molecule has 0 heterocycles. The molecule has 24 heavy (non-hydrogen) atoms. The lowest BCUT2D eigenvalue weighted by Crippen LogP contribution is -2.36. The molecular weight excluding hydrogens is 346 g/mol. The SMILES string of the molecule is CCc1cccc(CC)c1N(CC(=O)Cl)S(=O)(=O)c1ccccc1. The number of benzene rings is 2. The topological polar surface area (TPSA) is 54.5 Å². The molecule has 2 aromatic carbocycles. The van der Waals surface area contributed by atoms with Crippen LogP contribution in [0.1, 0.15) is 25.0 Å². The highest BCUT2D eigenvalue weighted by Crippen LogP contribution is 2.31. The van der Waals surface area contributed by atoms with E-state index in [1.807, 2.05) is 32.0 Å². The highest BCUT2D eigenvalue weighted by atomic mass is 35.5. The van der Waals surface area contributed by atoms with Gasteiger partial charge in [0.1, 0.15) is 6.54 Å². The van der Waals surface area contributed by atoms with Crippen molar-refractivity contribution in [3.63, 3.8) is 0 Å². The number of hydrogen-bond acceptors (Lipinski definition) is 3. The Labute approximate surface area is 148 Å². The first-order chi connectivity index (χ1) is 11.4. The normalized spacial score (nSPS) is 11.3. The molecule has 0 radical (unpaired) electrons. The second-order valence-corrected chi connectivity index (χ2v) is 7.60. The summed E-state index contributed by atoms with van der Waals surface area (Å²) in [6.07, 6.45) is 1.31. The van der Waals surface area contributed by atoms with Crippen LogP contribution in [0.5, 0.6) is 0 Å². The third-order valence-corrected chi connectivity index (χ3v) is 5.69. The van der Waals surface area contributed by atoms with E-state index in [0.29, 0.717) is 18.5 Å². The zero-order chi connectivity index (χ0) is 17.7. The standard InChI is InChI=1S/C18H20ClNO3S/c1-3-14-9-8-10-15(4-2)18(14)20(13-17(19)21)24(22,23)16-11-6-5-7-12-16/h5-12H,3-4,13H2,1-2H3. The molecule has 0 aliphatic heterocycles. The summed E-state index contributed by atoms with van der Waals surface area (Å²) < 4.78 is 27.4. The molecule has 2 rings (SSSR count). The van der Waals surface area contributed by atoms with E-state index in [0.717, 1.165) is 15.4 Å². The number of para-hydroxylation sites is 1. The van der Waals surface area contributed by atoms with Gasteiger partial charge >= 0.3 is 0 Å². The smallest absolute Gasteiger partial charge is 0.264 e. The molecule has 4 nitrogen and oxygen atoms in total. The lowest BCUT2D eigenvalue weighted by atomic mass is 10.0. The summed E-state index contributed by atoms with van der Waals surface area (Å²) in [7, 11) is -3.89. The Kier molecular flexibility index (Phi) is 6.02. The zero-order valence-corrected chi connectivity index (χ0v) is 15.3. The van der Waals surface area contributed by atoms with Crippen LogP contribution < -0.4 is 4.31 Å². The predicted molar refractivity (Wildman–Crippen MR) is 97.0 cm³/mol. The molecule has 2 aromatic rings. The van der Waals surface area contributed by atoms with E-state index in [-0.39, 0.29) is 4.90 Å². The number of rotatable bonds is 7. The molecule has 0 aliphatic rings. The van der Waals surface area contributed by atoms with Gasteiger partial charge in [-0.3, -0.25) is 9.10 Å². The van der Waals surface area contributed by atoms with Gasteiger partial charge in [0.05, 0.1) is 10.6 Å². The van der Waals surface area contributed by atoms with Crippen LogP contribution in [0.15, 0.2) is 53.4 Å². The Morgan fingerprint density at radius 3 is 1.96 bits per heavy atom. The van der Waals surface area contributed by atoms with Crippen molar-refractivity contribution >= 4 is 32.6 Å². The molecule has 0 atom stereocenters. The fourth-order valence-electron chi connectivity index (χ4n) is 2.65. The summed E-state index contributed by atoms with van der Waals surface area (Å²) in [5.41, 5.74) is 2.29. The lowest BCUT2D eigenvalue weighted by Gasteiger charge is -2.27. The second kappa shape index (κ2) is 7.81. The monoisotopic (exact) mass is 365 g/mol. The molecule has 0 aliphatic carbocycles. The van der Waals surface area contributed by atoms with Crippen molar-refractivity contribution in [3.8, 4) is 0 Å². The maximum Gasteiger partial charge on any atom is 0.264 e. The Balaban J connectivity index is 2.70. The van der Waals surface area contributed by atoms with Gasteiger partial charge in [-0.15, -0.1) is 0 Å². The van der Waals surface area contributed by atoms with E-state index >= 15 is 0 Å². The first-order valence-corrected chi connectivity index (χ1v) is 9.60. The van der Waals surface area contributed by atoms with Crippen molar-refractivity contribution in [2.24, 2.45) is 0 Å². The molecule has 0 saturated carbocycles. The Bertz CT molecular complexity index is 797. The van der Waals surface area contributed by atoms with Crippen molar-refractivity contribution in [1.29, 1.82) is 0 Å². The summed E-state index contributed by atoms with van der Waals surface area (Å²) in [6, 6.07) is 13.7. The number of hydrogen-bond donors (Lipinski definition) is 0. The molecule has 0 fully saturated rings. The fourth-order valence-corrected chi connectivity index (χ4v) is 4.36. The van der Waals surface area contributed by atoms with Gasteiger partial charge in [0.15, 0.2) is 0 Å². The molecule has 128 valence electrons. The minimum atomic E-state index is -3.89. The van der Waals surface area contributed by atoms with Crippen LogP contribution in [0.25, 0.3) is 0 Å². The molecule has 0 spiro atoms. The minimum Gasteiger partial charge on any atom is -0.279 e. The molecule has 0 N–H and O–H groups in total. The molecule has 0 saturated heterocycles. The molecule has 0 aromatic heterocycles. The van der Waals surface area contributed by atoms with Gasteiger partial charge in [-0.25, -0.2) is 8.42 Å². The van der Waals surface area contributed by atoms with Crippen LogP contribution in [0.4, 0.5) is 5.69 Å². The maximum atomic E-state index is 13.1. The van der Waals surface area contributed by atoms with E-state index in [1.54, 1.807) is 18.2 Å². The molecular formula is C18H20ClNO3S. The zero-order valence-electron chi connectivity index (χ0n) is 13.7. The van der Waals surface area contributed by atoms with Gasteiger partial charge in [-0.2, -0.15) is 0 Å². The summed E-state index contributed by atoms with van der Waals surface area (Å²) >= 11 is 5.56. The predicted octanol–water partition coefficient (Wildman–Crippen LogP) is 3.77. The lowest BCUT2D eigenvalue weighted by molar-refractivity contribution is -0.110. The van der Waals surface area contributed by atoms with E-state index < -0.39 is 21.8 Å². The maximum absolute atomic E-state index is 13.1. The minimum absolute atomic E-state index is 0.135. The average Bonchev–Trinajstić information content (AvgIpc) is 2.59.